The molecule has 0 fully saturated rings. The minimum Gasteiger partial charge on any atom is -0.494 e. The molecule has 0 atom stereocenters. The van der Waals surface area contributed by atoms with E-state index in [4.69, 9.17) is 21.1 Å². The van der Waals surface area contributed by atoms with Gasteiger partial charge in [0.25, 0.3) is 5.56 Å². The third-order valence-corrected chi connectivity index (χ3v) is 5.30. The number of aliphatic imine (C=N–C) groups is 1. The Balaban J connectivity index is 1.98. The Morgan fingerprint density at radius 1 is 1.19 bits per heavy atom. The third kappa shape index (κ3) is 4.76. The van der Waals surface area contributed by atoms with Crippen LogP contribution in [0.15, 0.2) is 52.3 Å². The Morgan fingerprint density at radius 2 is 1.94 bits per heavy atom. The lowest BCUT2D eigenvalue weighted by Gasteiger charge is -2.15. The Hall–Kier alpha value is -3.76. The standard InChI is InChI=1S/C24H22ClN3O4/c1-15-19(13-26)23(29)28(10-9-16-7-8-21(31-2)22(11-16)32-3)24(30)20(15)14-27-18-6-4-5-17(25)12-18/h4-8,11-12,14,30H,9-10H2,1-3H3. The molecule has 1 aromatic heterocycles. The van der Waals surface area contributed by atoms with Crippen LogP contribution >= 0.6 is 11.6 Å². The van der Waals surface area contributed by atoms with Crippen LogP contribution < -0.4 is 15.0 Å². The highest BCUT2D eigenvalue weighted by atomic mass is 35.5. The van der Waals surface area contributed by atoms with Gasteiger partial charge in [-0.1, -0.05) is 23.7 Å². The lowest BCUT2D eigenvalue weighted by atomic mass is 10.1. The van der Waals surface area contributed by atoms with E-state index in [0.717, 1.165) is 5.56 Å². The maximum atomic E-state index is 12.8. The van der Waals surface area contributed by atoms with Crippen LogP contribution in [0.4, 0.5) is 5.69 Å². The first-order chi connectivity index (χ1) is 15.4. The smallest absolute Gasteiger partial charge is 0.271 e. The highest BCUT2D eigenvalue weighted by molar-refractivity contribution is 6.30. The summed E-state index contributed by atoms with van der Waals surface area (Å²) in [6.07, 6.45) is 1.86. The fourth-order valence-electron chi connectivity index (χ4n) is 3.31. The van der Waals surface area contributed by atoms with E-state index >= 15 is 0 Å². The van der Waals surface area contributed by atoms with Gasteiger partial charge in [-0.2, -0.15) is 5.26 Å². The van der Waals surface area contributed by atoms with E-state index in [1.807, 2.05) is 18.2 Å². The summed E-state index contributed by atoms with van der Waals surface area (Å²) in [6.45, 7) is 1.77. The van der Waals surface area contributed by atoms with Crippen molar-refractivity contribution in [2.45, 2.75) is 19.9 Å². The summed E-state index contributed by atoms with van der Waals surface area (Å²) in [6, 6.07) is 14.3. The number of aromatic nitrogens is 1. The molecule has 1 N–H and O–H groups in total. The number of nitrogens with zero attached hydrogens (tertiary/aromatic N) is 3. The molecule has 0 unspecified atom stereocenters. The van der Waals surface area contributed by atoms with Gasteiger partial charge in [0, 0.05) is 17.8 Å². The molecule has 8 heteroatoms. The van der Waals surface area contributed by atoms with E-state index in [-0.39, 0.29) is 18.0 Å². The van der Waals surface area contributed by atoms with Crippen LogP contribution in [-0.4, -0.2) is 30.1 Å². The molecular formula is C24H22ClN3O4. The predicted molar refractivity (Wildman–Crippen MR) is 124 cm³/mol. The fraction of sp³-hybridized carbons (Fsp3) is 0.208. The van der Waals surface area contributed by atoms with Crippen LogP contribution in [0.2, 0.25) is 5.02 Å². The average Bonchev–Trinajstić information content (AvgIpc) is 2.79. The molecule has 0 bridgehead atoms. The van der Waals surface area contributed by atoms with Gasteiger partial charge in [0.05, 0.1) is 25.5 Å². The fourth-order valence-corrected chi connectivity index (χ4v) is 3.49. The van der Waals surface area contributed by atoms with Crippen LogP contribution in [0.1, 0.15) is 22.3 Å². The van der Waals surface area contributed by atoms with Gasteiger partial charge in [-0.15, -0.1) is 0 Å². The van der Waals surface area contributed by atoms with E-state index in [2.05, 4.69) is 4.99 Å². The van der Waals surface area contributed by atoms with Gasteiger partial charge in [-0.25, -0.2) is 0 Å². The van der Waals surface area contributed by atoms with E-state index in [0.29, 0.717) is 39.8 Å². The maximum absolute atomic E-state index is 12.8. The van der Waals surface area contributed by atoms with Crippen LogP contribution in [0, 0.1) is 18.3 Å². The zero-order valence-electron chi connectivity index (χ0n) is 17.9. The number of aryl methyl sites for hydroxylation is 1. The molecular weight excluding hydrogens is 430 g/mol. The molecule has 0 aliphatic heterocycles. The minimum atomic E-state index is -0.553. The van der Waals surface area contributed by atoms with Crippen molar-refractivity contribution >= 4 is 23.5 Å². The Bertz CT molecular complexity index is 1280. The second kappa shape index (κ2) is 10.0. The molecule has 32 heavy (non-hydrogen) atoms. The number of halogens is 1. The van der Waals surface area contributed by atoms with Gasteiger partial charge >= 0.3 is 0 Å². The first kappa shape index (κ1) is 22.9. The molecule has 0 saturated carbocycles. The normalized spacial score (nSPS) is 10.8. The summed E-state index contributed by atoms with van der Waals surface area (Å²) >= 11 is 5.99. The summed E-state index contributed by atoms with van der Waals surface area (Å²) in [5.41, 5.74) is 1.53. The largest absolute Gasteiger partial charge is 0.494 e. The summed E-state index contributed by atoms with van der Waals surface area (Å²) in [5, 5.41) is 20.9. The molecule has 3 aromatic rings. The number of nitriles is 1. The number of benzene rings is 2. The first-order valence-corrected chi connectivity index (χ1v) is 10.1. The van der Waals surface area contributed by atoms with Crippen molar-refractivity contribution < 1.29 is 14.6 Å². The van der Waals surface area contributed by atoms with Crippen LogP contribution in [0.25, 0.3) is 0 Å². The molecule has 2 aromatic carbocycles. The average molecular weight is 452 g/mol. The van der Waals surface area contributed by atoms with Gasteiger partial charge < -0.3 is 14.6 Å². The van der Waals surface area contributed by atoms with E-state index in [1.54, 1.807) is 51.5 Å². The maximum Gasteiger partial charge on any atom is 0.271 e. The number of pyridine rings is 1. The number of ether oxygens (including phenoxy) is 2. The van der Waals surface area contributed by atoms with Crippen molar-refractivity contribution in [3.05, 3.63) is 80.1 Å². The van der Waals surface area contributed by atoms with Gasteiger partial charge in [0.2, 0.25) is 5.88 Å². The topological polar surface area (TPSA) is 96.8 Å². The van der Waals surface area contributed by atoms with Crippen molar-refractivity contribution in [3.8, 4) is 23.4 Å². The summed E-state index contributed by atoms with van der Waals surface area (Å²) in [4.78, 5) is 17.2. The molecule has 0 amide bonds. The van der Waals surface area contributed by atoms with Crippen molar-refractivity contribution in [2.24, 2.45) is 4.99 Å². The monoisotopic (exact) mass is 451 g/mol. The van der Waals surface area contributed by atoms with Crippen molar-refractivity contribution in [1.29, 1.82) is 5.26 Å². The Labute approximate surface area is 190 Å². The molecule has 1 heterocycles. The van der Waals surface area contributed by atoms with Gasteiger partial charge in [-0.3, -0.25) is 14.4 Å². The summed E-state index contributed by atoms with van der Waals surface area (Å²) in [7, 11) is 3.10. The molecule has 0 aliphatic rings. The second-order valence-electron chi connectivity index (χ2n) is 6.98. The number of hydrogen-bond acceptors (Lipinski definition) is 6. The number of rotatable bonds is 7. The number of hydrogen-bond donors (Lipinski definition) is 1. The van der Waals surface area contributed by atoms with Crippen LogP contribution in [0.5, 0.6) is 17.4 Å². The lowest BCUT2D eigenvalue weighted by molar-refractivity contribution is 0.354. The van der Waals surface area contributed by atoms with E-state index < -0.39 is 5.56 Å². The highest BCUT2D eigenvalue weighted by Crippen LogP contribution is 2.28. The summed E-state index contributed by atoms with van der Waals surface area (Å²) in [5.74, 6) is 0.910. The molecule has 0 spiro atoms. The molecule has 164 valence electrons. The van der Waals surface area contributed by atoms with Crippen LogP contribution in [-0.2, 0) is 13.0 Å². The Kier molecular flexibility index (Phi) is 7.18. The van der Waals surface area contributed by atoms with Crippen LogP contribution in [0.3, 0.4) is 0 Å². The number of methoxy groups -OCH3 is 2. The second-order valence-corrected chi connectivity index (χ2v) is 7.42. The van der Waals surface area contributed by atoms with Crippen molar-refractivity contribution in [2.75, 3.05) is 14.2 Å². The molecule has 3 rings (SSSR count). The van der Waals surface area contributed by atoms with Gasteiger partial charge in [0.15, 0.2) is 11.5 Å². The Morgan fingerprint density at radius 3 is 2.59 bits per heavy atom. The molecule has 0 radical (unpaired) electrons. The summed E-state index contributed by atoms with van der Waals surface area (Å²) < 4.78 is 11.7. The van der Waals surface area contributed by atoms with Gasteiger partial charge in [-0.05, 0) is 54.8 Å². The molecule has 0 saturated heterocycles. The van der Waals surface area contributed by atoms with Gasteiger partial charge in [0.1, 0.15) is 11.6 Å². The molecule has 0 aliphatic carbocycles. The van der Waals surface area contributed by atoms with Crippen molar-refractivity contribution in [3.63, 3.8) is 0 Å². The zero-order chi connectivity index (χ0) is 23.3. The van der Waals surface area contributed by atoms with E-state index in [1.165, 1.54) is 10.8 Å². The quantitative estimate of drug-likeness (QED) is 0.537. The zero-order valence-corrected chi connectivity index (χ0v) is 18.7. The van der Waals surface area contributed by atoms with E-state index in [9.17, 15) is 15.2 Å². The molecule has 7 nitrogen and oxygen atoms in total. The lowest BCUT2D eigenvalue weighted by Crippen LogP contribution is -2.26. The third-order valence-electron chi connectivity index (χ3n) is 5.07. The highest BCUT2D eigenvalue weighted by Gasteiger charge is 2.18. The predicted octanol–water partition coefficient (Wildman–Crippen LogP) is 4.40. The number of aromatic hydroxyl groups is 1. The minimum absolute atomic E-state index is 0.0392. The van der Waals surface area contributed by atoms with Crippen molar-refractivity contribution in [1.82, 2.24) is 4.57 Å². The SMILES string of the molecule is COc1ccc(CCn2c(O)c(C=Nc3cccc(Cl)c3)c(C)c(C#N)c2=O)cc1OC. The first-order valence-electron chi connectivity index (χ1n) is 9.76.